The van der Waals surface area contributed by atoms with Gasteiger partial charge in [0.25, 0.3) is 5.91 Å². The van der Waals surface area contributed by atoms with Gasteiger partial charge in [-0.3, -0.25) is 9.59 Å². The van der Waals surface area contributed by atoms with Gasteiger partial charge in [-0.15, -0.1) is 11.8 Å². The fourth-order valence-corrected chi connectivity index (χ4v) is 5.10. The van der Waals surface area contributed by atoms with Crippen molar-refractivity contribution in [2.75, 3.05) is 24.2 Å². The van der Waals surface area contributed by atoms with E-state index in [0.717, 1.165) is 27.2 Å². The average Bonchev–Trinajstić information content (AvgIpc) is 3.22. The lowest BCUT2D eigenvalue weighted by atomic mass is 10.2. The first kappa shape index (κ1) is 25.9. The number of anilines is 1. The first-order valence-electron chi connectivity index (χ1n) is 11.4. The number of nitrogens with one attached hydrogen (secondary N) is 2. The molecule has 0 saturated heterocycles. The van der Waals surface area contributed by atoms with E-state index >= 15 is 0 Å². The fraction of sp³-hybridized carbons (Fsp3) is 0.185. The molecule has 0 fully saturated rings. The molecule has 3 aromatic carbocycles. The third-order valence-corrected chi connectivity index (χ3v) is 6.96. The maximum atomic E-state index is 12.5. The van der Waals surface area contributed by atoms with E-state index in [9.17, 15) is 9.59 Å². The molecule has 6 nitrogen and oxygen atoms in total. The fourth-order valence-electron chi connectivity index (χ4n) is 3.71. The number of nitrogens with zero attached hydrogens (tertiary/aromatic N) is 1. The van der Waals surface area contributed by atoms with Gasteiger partial charge in [-0.05, 0) is 55.5 Å². The van der Waals surface area contributed by atoms with E-state index in [-0.39, 0.29) is 17.6 Å². The molecule has 36 heavy (non-hydrogen) atoms. The van der Waals surface area contributed by atoms with Crippen molar-refractivity contribution in [2.45, 2.75) is 18.4 Å². The molecule has 0 unspecified atom stereocenters. The number of carbonyl (C=O) groups is 2. The molecule has 186 valence electrons. The van der Waals surface area contributed by atoms with Crippen molar-refractivity contribution < 1.29 is 14.3 Å². The summed E-state index contributed by atoms with van der Waals surface area (Å²) in [6, 6.07) is 20.1. The lowest BCUT2D eigenvalue weighted by Gasteiger charge is -2.09. The molecule has 1 aromatic heterocycles. The number of thioether (sulfide) groups is 1. The molecule has 0 aliphatic heterocycles. The first-order chi connectivity index (χ1) is 17.4. The minimum atomic E-state index is -0.256. The van der Waals surface area contributed by atoms with E-state index in [1.165, 1.54) is 11.8 Å². The molecule has 0 spiro atoms. The molecule has 0 atom stereocenters. The third kappa shape index (κ3) is 6.55. The number of hydrogen-bond donors (Lipinski definition) is 2. The number of ether oxygens (including phenoxy) is 1. The van der Waals surface area contributed by atoms with Gasteiger partial charge in [-0.25, -0.2) is 0 Å². The zero-order valence-electron chi connectivity index (χ0n) is 19.6. The molecule has 4 aromatic rings. The molecule has 2 amide bonds. The number of para-hydroxylation sites is 1. The van der Waals surface area contributed by atoms with Crippen molar-refractivity contribution >= 4 is 63.4 Å². The van der Waals surface area contributed by atoms with Gasteiger partial charge in [0.15, 0.2) is 0 Å². The quantitative estimate of drug-likeness (QED) is 0.224. The summed E-state index contributed by atoms with van der Waals surface area (Å²) in [7, 11) is 0. The van der Waals surface area contributed by atoms with Crippen LogP contribution >= 0.6 is 35.0 Å². The van der Waals surface area contributed by atoms with Crippen LogP contribution in [0.3, 0.4) is 0 Å². The number of benzene rings is 3. The average molecular weight is 542 g/mol. The van der Waals surface area contributed by atoms with E-state index in [0.29, 0.717) is 35.3 Å². The van der Waals surface area contributed by atoms with Crippen LogP contribution in [0.2, 0.25) is 10.0 Å². The standard InChI is InChI=1S/C27H25Cl2N3O3S/c1-2-35-20-10-8-19(9-11-20)31-26(33)17-36-25-16-32(24-6-4-3-5-22(24)25)14-13-30-27(34)21-12-7-18(28)15-23(21)29/h3-12,15-16H,2,13-14,17H2,1H3,(H,30,34)(H,31,33). The van der Waals surface area contributed by atoms with Gasteiger partial charge in [-0.2, -0.15) is 0 Å². The molecule has 9 heteroatoms. The van der Waals surface area contributed by atoms with Crippen molar-refractivity contribution in [3.63, 3.8) is 0 Å². The van der Waals surface area contributed by atoms with Crippen LogP contribution in [0.1, 0.15) is 17.3 Å². The number of rotatable bonds is 10. The Balaban J connectivity index is 1.36. The Hall–Kier alpha value is -3.13. The van der Waals surface area contributed by atoms with Crippen molar-refractivity contribution in [3.05, 3.63) is 88.5 Å². The Morgan fingerprint density at radius 1 is 1.03 bits per heavy atom. The van der Waals surface area contributed by atoms with Gasteiger partial charge >= 0.3 is 0 Å². The van der Waals surface area contributed by atoms with Gasteiger partial charge in [0.1, 0.15) is 5.75 Å². The number of halogens is 2. The zero-order valence-corrected chi connectivity index (χ0v) is 21.9. The minimum absolute atomic E-state index is 0.0897. The van der Waals surface area contributed by atoms with Gasteiger partial charge < -0.3 is 19.9 Å². The Labute approximate surface area is 223 Å². The number of fused-ring (bicyclic) bond motifs is 1. The lowest BCUT2D eigenvalue weighted by molar-refractivity contribution is -0.113. The van der Waals surface area contributed by atoms with E-state index in [4.69, 9.17) is 27.9 Å². The molecule has 0 bridgehead atoms. The number of hydrogen-bond acceptors (Lipinski definition) is 4. The maximum absolute atomic E-state index is 12.5. The zero-order chi connectivity index (χ0) is 25.5. The second-order valence-corrected chi connectivity index (χ2v) is 9.74. The van der Waals surface area contributed by atoms with Crippen molar-refractivity contribution in [1.82, 2.24) is 9.88 Å². The highest BCUT2D eigenvalue weighted by Gasteiger charge is 2.13. The van der Waals surface area contributed by atoms with Gasteiger partial charge in [0, 0.05) is 45.8 Å². The summed E-state index contributed by atoms with van der Waals surface area (Å²) in [5, 5.41) is 7.67. The molecule has 0 aliphatic rings. The normalized spacial score (nSPS) is 10.9. The summed E-state index contributed by atoms with van der Waals surface area (Å²) in [6.07, 6.45) is 2.01. The molecule has 1 heterocycles. The summed E-state index contributed by atoms with van der Waals surface area (Å²) in [5.74, 6) is 0.694. The van der Waals surface area contributed by atoms with Gasteiger partial charge in [0.05, 0.1) is 22.9 Å². The summed E-state index contributed by atoms with van der Waals surface area (Å²) < 4.78 is 7.51. The van der Waals surface area contributed by atoms with Gasteiger partial charge in [0.2, 0.25) is 5.91 Å². The van der Waals surface area contributed by atoms with Crippen LogP contribution in [0.25, 0.3) is 10.9 Å². The Morgan fingerprint density at radius 3 is 2.56 bits per heavy atom. The van der Waals surface area contributed by atoms with E-state index in [1.54, 1.807) is 18.2 Å². The summed E-state index contributed by atoms with van der Waals surface area (Å²) >= 11 is 13.5. The number of aromatic nitrogens is 1. The highest BCUT2D eigenvalue weighted by atomic mass is 35.5. The smallest absolute Gasteiger partial charge is 0.252 e. The van der Waals surface area contributed by atoms with Crippen LogP contribution in [0, 0.1) is 0 Å². The summed E-state index contributed by atoms with van der Waals surface area (Å²) in [5.41, 5.74) is 2.14. The van der Waals surface area contributed by atoms with Crippen LogP contribution in [-0.2, 0) is 11.3 Å². The second-order valence-electron chi connectivity index (χ2n) is 7.88. The third-order valence-electron chi connectivity index (χ3n) is 5.37. The SMILES string of the molecule is CCOc1ccc(NC(=O)CSc2cn(CCNC(=O)c3ccc(Cl)cc3Cl)c3ccccc23)cc1. The Morgan fingerprint density at radius 2 is 1.81 bits per heavy atom. The number of carbonyl (C=O) groups excluding carboxylic acids is 2. The van der Waals surface area contributed by atoms with E-state index < -0.39 is 0 Å². The van der Waals surface area contributed by atoms with Gasteiger partial charge in [-0.1, -0.05) is 41.4 Å². The molecule has 0 saturated carbocycles. The van der Waals surface area contributed by atoms with E-state index in [2.05, 4.69) is 15.2 Å². The summed E-state index contributed by atoms with van der Waals surface area (Å²) in [4.78, 5) is 26.0. The summed E-state index contributed by atoms with van der Waals surface area (Å²) in [6.45, 7) is 3.51. The maximum Gasteiger partial charge on any atom is 0.252 e. The highest BCUT2D eigenvalue weighted by molar-refractivity contribution is 8.00. The van der Waals surface area contributed by atoms with Crippen LogP contribution in [0.15, 0.2) is 77.8 Å². The molecular formula is C27H25Cl2N3O3S. The molecule has 0 radical (unpaired) electrons. The van der Waals surface area contributed by atoms with Crippen molar-refractivity contribution in [3.8, 4) is 5.75 Å². The highest BCUT2D eigenvalue weighted by Crippen LogP contribution is 2.30. The lowest BCUT2D eigenvalue weighted by Crippen LogP contribution is -2.27. The Bertz CT molecular complexity index is 1370. The molecule has 4 rings (SSSR count). The van der Waals surface area contributed by atoms with Crippen LogP contribution in [0.5, 0.6) is 5.75 Å². The molecule has 2 N–H and O–H groups in total. The number of amides is 2. The molecule has 0 aliphatic carbocycles. The predicted octanol–water partition coefficient (Wildman–Crippen LogP) is 6.51. The molecular weight excluding hydrogens is 517 g/mol. The first-order valence-corrected chi connectivity index (χ1v) is 13.2. The Kier molecular flexibility index (Phi) is 8.80. The minimum Gasteiger partial charge on any atom is -0.494 e. The topological polar surface area (TPSA) is 72.4 Å². The van der Waals surface area contributed by atoms with Crippen molar-refractivity contribution in [2.24, 2.45) is 0 Å². The van der Waals surface area contributed by atoms with Crippen molar-refractivity contribution in [1.29, 1.82) is 0 Å². The second kappa shape index (κ2) is 12.2. The predicted molar refractivity (Wildman–Crippen MR) is 148 cm³/mol. The largest absolute Gasteiger partial charge is 0.494 e. The van der Waals surface area contributed by atoms with Crippen LogP contribution < -0.4 is 15.4 Å². The monoisotopic (exact) mass is 541 g/mol. The van der Waals surface area contributed by atoms with Crippen LogP contribution in [0.4, 0.5) is 5.69 Å². The van der Waals surface area contributed by atoms with E-state index in [1.807, 2.05) is 61.7 Å². The van der Waals surface area contributed by atoms with Crippen LogP contribution in [-0.4, -0.2) is 35.3 Å².